The summed E-state index contributed by atoms with van der Waals surface area (Å²) in [6.45, 7) is 5.23. The Labute approximate surface area is 150 Å². The van der Waals surface area contributed by atoms with Gasteiger partial charge in [0, 0.05) is 18.4 Å². The number of rotatable bonds is 9. The molecule has 1 aliphatic rings. The maximum absolute atomic E-state index is 12.2. The minimum atomic E-state index is -0.619. The predicted octanol–water partition coefficient (Wildman–Crippen LogP) is 3.80. The first-order valence-electron chi connectivity index (χ1n) is 9.02. The molecule has 1 aromatic carbocycles. The molecule has 0 aliphatic heterocycles. The monoisotopic (exact) mass is 344 g/mol. The van der Waals surface area contributed by atoms with E-state index in [9.17, 15) is 9.90 Å². The molecule has 0 saturated heterocycles. The Kier molecular flexibility index (Phi) is 7.89. The average molecular weight is 344 g/mol. The highest BCUT2D eigenvalue weighted by atomic mass is 16.5. The lowest BCUT2D eigenvalue weighted by Gasteiger charge is -2.21. The summed E-state index contributed by atoms with van der Waals surface area (Å²) in [6.07, 6.45) is 5.03. The van der Waals surface area contributed by atoms with Crippen molar-refractivity contribution >= 4 is 5.78 Å². The topological polar surface area (TPSA) is 55.8 Å². The van der Waals surface area contributed by atoms with Crippen molar-refractivity contribution in [3.05, 3.63) is 59.4 Å². The number of hydrogen-bond donors (Lipinski definition) is 1. The maximum Gasteiger partial charge on any atom is 0.184 e. The summed E-state index contributed by atoms with van der Waals surface area (Å²) in [6, 6.07) is 9.88. The zero-order valence-corrected chi connectivity index (χ0v) is 15.1. The highest BCUT2D eigenvalue weighted by molar-refractivity contribution is 6.05. The van der Waals surface area contributed by atoms with Crippen LogP contribution in [0.15, 0.2) is 53.8 Å². The number of benzene rings is 1. The quantitative estimate of drug-likeness (QED) is 0.692. The summed E-state index contributed by atoms with van der Waals surface area (Å²) >= 11 is 0. The van der Waals surface area contributed by atoms with Gasteiger partial charge in [0.15, 0.2) is 5.78 Å². The van der Waals surface area contributed by atoms with Gasteiger partial charge in [-0.15, -0.1) is 0 Å². The van der Waals surface area contributed by atoms with E-state index in [4.69, 9.17) is 9.47 Å². The van der Waals surface area contributed by atoms with Crippen molar-refractivity contribution in [2.45, 2.75) is 45.8 Å². The van der Waals surface area contributed by atoms with Crippen LogP contribution in [0.25, 0.3) is 0 Å². The third kappa shape index (κ3) is 6.15. The number of aliphatic hydroxyl groups excluding tert-OH is 1. The van der Waals surface area contributed by atoms with Gasteiger partial charge in [0.2, 0.25) is 0 Å². The molecule has 0 saturated carbocycles. The van der Waals surface area contributed by atoms with E-state index in [1.165, 1.54) is 0 Å². The molecule has 0 fully saturated rings. The molecular weight excluding hydrogens is 316 g/mol. The van der Waals surface area contributed by atoms with E-state index in [1.54, 1.807) is 6.08 Å². The molecule has 1 aliphatic carbocycles. The van der Waals surface area contributed by atoms with Crippen molar-refractivity contribution in [3.63, 3.8) is 0 Å². The van der Waals surface area contributed by atoms with Gasteiger partial charge in [-0.25, -0.2) is 0 Å². The van der Waals surface area contributed by atoms with Gasteiger partial charge in [-0.05, 0) is 30.9 Å². The van der Waals surface area contributed by atoms with Crippen LogP contribution in [0.1, 0.15) is 38.7 Å². The lowest BCUT2D eigenvalue weighted by atomic mass is 9.91. The van der Waals surface area contributed by atoms with Gasteiger partial charge in [-0.2, -0.15) is 0 Å². The fraction of sp³-hybridized carbons (Fsp3) is 0.476. The van der Waals surface area contributed by atoms with Crippen LogP contribution in [-0.4, -0.2) is 30.2 Å². The average Bonchev–Trinajstić information content (AvgIpc) is 2.62. The highest BCUT2D eigenvalue weighted by Gasteiger charge is 2.21. The molecule has 1 aromatic rings. The molecule has 0 heterocycles. The molecule has 0 amide bonds. The van der Waals surface area contributed by atoms with Gasteiger partial charge in [-0.1, -0.05) is 43.3 Å². The van der Waals surface area contributed by atoms with Crippen LogP contribution in [0.3, 0.4) is 0 Å². The van der Waals surface area contributed by atoms with Gasteiger partial charge in [0.1, 0.15) is 5.76 Å². The number of ether oxygens (including phenoxy) is 2. The third-order valence-electron chi connectivity index (χ3n) is 4.36. The predicted molar refractivity (Wildman–Crippen MR) is 97.9 cm³/mol. The largest absolute Gasteiger partial charge is 0.498 e. The van der Waals surface area contributed by atoms with Crippen molar-refractivity contribution in [3.8, 4) is 0 Å². The van der Waals surface area contributed by atoms with Crippen LogP contribution in [0.4, 0.5) is 0 Å². The van der Waals surface area contributed by atoms with E-state index >= 15 is 0 Å². The van der Waals surface area contributed by atoms with E-state index in [1.807, 2.05) is 50.3 Å². The molecule has 4 heteroatoms. The second-order valence-corrected chi connectivity index (χ2v) is 6.24. The van der Waals surface area contributed by atoms with E-state index in [0.717, 1.165) is 29.7 Å². The van der Waals surface area contributed by atoms with Crippen LogP contribution in [0.5, 0.6) is 0 Å². The Morgan fingerprint density at radius 1 is 1.20 bits per heavy atom. The number of carbonyl (C=O) groups is 1. The molecule has 2 unspecified atom stereocenters. The van der Waals surface area contributed by atoms with E-state index in [2.05, 4.69) is 0 Å². The van der Waals surface area contributed by atoms with Crippen molar-refractivity contribution in [2.75, 3.05) is 13.2 Å². The molecular formula is C21H28O4. The van der Waals surface area contributed by atoms with Crippen molar-refractivity contribution in [1.82, 2.24) is 0 Å². The Hall–Kier alpha value is -1.91. The van der Waals surface area contributed by atoms with Gasteiger partial charge in [0.25, 0.3) is 0 Å². The van der Waals surface area contributed by atoms with Crippen LogP contribution in [0.2, 0.25) is 0 Å². The summed E-state index contributed by atoms with van der Waals surface area (Å²) < 4.78 is 11.1. The Morgan fingerprint density at radius 2 is 1.96 bits per heavy atom. The fourth-order valence-electron chi connectivity index (χ4n) is 2.91. The Bertz CT molecular complexity index is 604. The first-order chi connectivity index (χ1) is 12.1. The zero-order chi connectivity index (χ0) is 18.1. The minimum absolute atomic E-state index is 0.00875. The van der Waals surface area contributed by atoms with E-state index in [-0.39, 0.29) is 18.3 Å². The molecule has 0 bridgehead atoms. The number of carbonyl (C=O) groups excluding carboxylic acids is 1. The van der Waals surface area contributed by atoms with Crippen LogP contribution >= 0.6 is 0 Å². The molecule has 136 valence electrons. The molecule has 0 aromatic heterocycles. The number of allylic oxidation sites excluding steroid dienone is 3. The number of ketones is 1. The van der Waals surface area contributed by atoms with Crippen LogP contribution < -0.4 is 0 Å². The fourth-order valence-corrected chi connectivity index (χ4v) is 2.91. The van der Waals surface area contributed by atoms with Crippen molar-refractivity contribution in [1.29, 1.82) is 0 Å². The zero-order valence-electron chi connectivity index (χ0n) is 15.1. The molecule has 1 N–H and O–H groups in total. The summed E-state index contributed by atoms with van der Waals surface area (Å²) in [4.78, 5) is 12.2. The summed E-state index contributed by atoms with van der Waals surface area (Å²) in [5.74, 6) is 0.659. The number of aliphatic hydroxyl groups is 1. The molecule has 4 nitrogen and oxygen atoms in total. The normalized spacial score (nSPS) is 18.8. The third-order valence-corrected chi connectivity index (χ3v) is 4.36. The standard InChI is InChI=1S/C21H28O4/c1-3-17(12-18-10-11-19(25-4-2)13-20(18)22)21(23)15-24-14-16-8-6-5-7-9-16/h5-9,12-13,17,21,23H,3-4,10-11,14-15H2,1-2H3/b18-12+. The SMILES string of the molecule is CCOC1=CC(=O)/C(=C/C(CC)C(O)COCc2ccccc2)CC1. The summed E-state index contributed by atoms with van der Waals surface area (Å²) in [5.41, 5.74) is 1.84. The second kappa shape index (κ2) is 10.2. The summed E-state index contributed by atoms with van der Waals surface area (Å²) in [5, 5.41) is 10.4. The second-order valence-electron chi connectivity index (χ2n) is 6.24. The molecule has 0 radical (unpaired) electrons. The molecule has 0 spiro atoms. The van der Waals surface area contributed by atoms with Crippen LogP contribution in [0, 0.1) is 5.92 Å². The lowest BCUT2D eigenvalue weighted by Crippen LogP contribution is -2.25. The molecule has 25 heavy (non-hydrogen) atoms. The van der Waals surface area contributed by atoms with Gasteiger partial charge < -0.3 is 14.6 Å². The first kappa shape index (κ1) is 19.4. The van der Waals surface area contributed by atoms with Gasteiger partial charge >= 0.3 is 0 Å². The Balaban J connectivity index is 1.89. The number of hydrogen-bond acceptors (Lipinski definition) is 4. The summed E-state index contributed by atoms with van der Waals surface area (Å²) in [7, 11) is 0. The smallest absolute Gasteiger partial charge is 0.184 e. The molecule has 2 rings (SSSR count). The lowest BCUT2D eigenvalue weighted by molar-refractivity contribution is -0.112. The van der Waals surface area contributed by atoms with Crippen molar-refractivity contribution in [2.24, 2.45) is 5.92 Å². The maximum atomic E-state index is 12.2. The van der Waals surface area contributed by atoms with Gasteiger partial charge in [-0.3, -0.25) is 4.79 Å². The van der Waals surface area contributed by atoms with Gasteiger partial charge in [0.05, 0.1) is 25.9 Å². The van der Waals surface area contributed by atoms with Crippen molar-refractivity contribution < 1.29 is 19.4 Å². The molecule has 2 atom stereocenters. The highest BCUT2D eigenvalue weighted by Crippen LogP contribution is 2.24. The van der Waals surface area contributed by atoms with Crippen LogP contribution in [-0.2, 0) is 20.9 Å². The minimum Gasteiger partial charge on any atom is -0.498 e. The van der Waals surface area contributed by atoms with E-state index < -0.39 is 6.10 Å². The first-order valence-corrected chi connectivity index (χ1v) is 9.02. The van der Waals surface area contributed by atoms with E-state index in [0.29, 0.717) is 19.6 Å². The Morgan fingerprint density at radius 3 is 2.60 bits per heavy atom.